The van der Waals surface area contributed by atoms with Crippen molar-refractivity contribution in [2.24, 2.45) is 0 Å². The summed E-state index contributed by atoms with van der Waals surface area (Å²) >= 11 is 6.92. The highest BCUT2D eigenvalue weighted by Gasteiger charge is 2.49. The fraction of sp³-hybridized carbons (Fsp3) is 0.250. The van der Waals surface area contributed by atoms with Crippen LogP contribution in [0.3, 0.4) is 0 Å². The van der Waals surface area contributed by atoms with Crippen LogP contribution in [0.4, 0.5) is 4.79 Å². The molecule has 1 heterocycles. The van der Waals surface area contributed by atoms with E-state index in [2.05, 4.69) is 16.1 Å². The van der Waals surface area contributed by atoms with E-state index in [9.17, 15) is 9.59 Å². The van der Waals surface area contributed by atoms with Gasteiger partial charge in [-0.1, -0.05) is 30.3 Å². The summed E-state index contributed by atoms with van der Waals surface area (Å²) < 4.78 is 5.21. The number of imide groups is 1. The highest BCUT2D eigenvalue weighted by molar-refractivity contribution is 7.99. The highest BCUT2D eigenvalue weighted by atomic mass is 32.2. The minimum Gasteiger partial charge on any atom is -0.497 e. The summed E-state index contributed by atoms with van der Waals surface area (Å²) in [6.07, 6.45) is 0. The number of benzene rings is 2. The Labute approximate surface area is 179 Å². The van der Waals surface area contributed by atoms with Crippen molar-refractivity contribution in [2.75, 3.05) is 19.4 Å². The van der Waals surface area contributed by atoms with Crippen molar-refractivity contribution in [1.29, 1.82) is 0 Å². The SMILES string of the molecule is COc1cccc([C@]2(C)NC(=O)N(NC(=S)NCCSc3ccccc3)C2=O)c1. The summed E-state index contributed by atoms with van der Waals surface area (Å²) in [5.41, 5.74) is 2.09. The van der Waals surface area contributed by atoms with Gasteiger partial charge in [-0.2, -0.15) is 5.01 Å². The van der Waals surface area contributed by atoms with Crippen molar-refractivity contribution in [2.45, 2.75) is 17.4 Å². The number of methoxy groups -OCH3 is 1. The predicted octanol–water partition coefficient (Wildman–Crippen LogP) is 2.63. The third kappa shape index (κ3) is 4.80. The van der Waals surface area contributed by atoms with E-state index in [0.29, 0.717) is 17.9 Å². The fourth-order valence-corrected chi connectivity index (χ4v) is 3.84. The first-order valence-corrected chi connectivity index (χ1v) is 10.4. The molecule has 0 unspecified atom stereocenters. The molecule has 2 aromatic carbocycles. The van der Waals surface area contributed by atoms with Crippen molar-refractivity contribution >= 4 is 41.0 Å². The maximum absolute atomic E-state index is 12.9. The number of nitrogens with one attached hydrogen (secondary N) is 3. The fourth-order valence-electron chi connectivity index (χ4n) is 2.86. The van der Waals surface area contributed by atoms with E-state index in [0.717, 1.165) is 15.7 Å². The molecule has 2 aromatic rings. The van der Waals surface area contributed by atoms with Crippen molar-refractivity contribution < 1.29 is 14.3 Å². The number of hydrazine groups is 1. The third-order valence-corrected chi connectivity index (χ3v) is 5.70. The Morgan fingerprint density at radius 3 is 2.69 bits per heavy atom. The lowest BCUT2D eigenvalue weighted by atomic mass is 9.92. The van der Waals surface area contributed by atoms with E-state index in [4.69, 9.17) is 17.0 Å². The second-order valence-corrected chi connectivity index (χ2v) is 8.03. The molecule has 152 valence electrons. The Hall–Kier alpha value is -2.78. The molecule has 0 bridgehead atoms. The molecule has 1 fully saturated rings. The standard InChI is InChI=1S/C20H22N4O3S2/c1-20(14-7-6-8-15(13-14)27-2)17(25)24(19(26)22-20)23-18(28)21-11-12-29-16-9-4-3-5-10-16/h3-10,13H,11-12H2,1-2H3,(H,22,26)(H2,21,23,28)/t20-/m0/s1. The van der Waals surface area contributed by atoms with Gasteiger partial charge in [-0.3, -0.25) is 10.2 Å². The van der Waals surface area contributed by atoms with Gasteiger partial charge in [0.25, 0.3) is 5.91 Å². The number of ether oxygens (including phenoxy) is 1. The monoisotopic (exact) mass is 430 g/mol. The van der Waals surface area contributed by atoms with Crippen molar-refractivity contribution in [3.8, 4) is 5.75 Å². The van der Waals surface area contributed by atoms with E-state index >= 15 is 0 Å². The van der Waals surface area contributed by atoms with Gasteiger partial charge < -0.3 is 15.4 Å². The molecule has 0 aromatic heterocycles. The zero-order valence-electron chi connectivity index (χ0n) is 16.1. The second kappa shape index (κ2) is 9.15. The zero-order valence-corrected chi connectivity index (χ0v) is 17.7. The van der Waals surface area contributed by atoms with Gasteiger partial charge in [0, 0.05) is 17.2 Å². The smallest absolute Gasteiger partial charge is 0.344 e. The maximum Gasteiger partial charge on any atom is 0.344 e. The van der Waals surface area contributed by atoms with Gasteiger partial charge >= 0.3 is 6.03 Å². The first kappa shape index (κ1) is 20.9. The van der Waals surface area contributed by atoms with Crippen LogP contribution >= 0.6 is 24.0 Å². The number of thiocarbonyl (C=S) groups is 1. The topological polar surface area (TPSA) is 82.7 Å². The Kier molecular flexibility index (Phi) is 6.60. The Balaban J connectivity index is 1.56. The van der Waals surface area contributed by atoms with E-state index in [-0.39, 0.29) is 5.11 Å². The Morgan fingerprint density at radius 2 is 1.97 bits per heavy atom. The lowest BCUT2D eigenvalue weighted by molar-refractivity contribution is -0.132. The van der Waals surface area contributed by atoms with Crippen LogP contribution in [0.25, 0.3) is 0 Å². The van der Waals surface area contributed by atoms with Gasteiger partial charge in [-0.25, -0.2) is 4.79 Å². The van der Waals surface area contributed by atoms with Crippen molar-refractivity contribution in [1.82, 2.24) is 21.1 Å². The van der Waals surface area contributed by atoms with Gasteiger partial charge in [0.2, 0.25) is 0 Å². The van der Waals surface area contributed by atoms with Gasteiger partial charge in [0.1, 0.15) is 11.3 Å². The van der Waals surface area contributed by atoms with Gasteiger partial charge in [-0.15, -0.1) is 11.8 Å². The van der Waals surface area contributed by atoms with Gasteiger partial charge in [-0.05, 0) is 49.0 Å². The molecule has 29 heavy (non-hydrogen) atoms. The molecule has 3 amide bonds. The molecule has 1 aliphatic heterocycles. The normalized spacial score (nSPS) is 18.3. The van der Waals surface area contributed by atoms with Crippen LogP contribution in [0.2, 0.25) is 0 Å². The largest absolute Gasteiger partial charge is 0.497 e. The van der Waals surface area contributed by atoms with Crippen LogP contribution < -0.4 is 20.8 Å². The number of hydrogen-bond acceptors (Lipinski definition) is 5. The van der Waals surface area contributed by atoms with Gasteiger partial charge in [0.15, 0.2) is 5.11 Å². The number of carbonyl (C=O) groups excluding carboxylic acids is 2. The molecule has 7 nitrogen and oxygen atoms in total. The average Bonchev–Trinajstić information content (AvgIpc) is 2.96. The Morgan fingerprint density at radius 1 is 1.21 bits per heavy atom. The van der Waals surface area contributed by atoms with Crippen LogP contribution in [0, 0.1) is 0 Å². The van der Waals surface area contributed by atoms with E-state index in [1.54, 1.807) is 50.1 Å². The number of carbonyl (C=O) groups is 2. The first-order valence-electron chi connectivity index (χ1n) is 8.97. The van der Waals surface area contributed by atoms with Crippen LogP contribution in [-0.2, 0) is 10.3 Å². The number of rotatable bonds is 7. The molecule has 0 radical (unpaired) electrons. The van der Waals surface area contributed by atoms with E-state index in [1.807, 2.05) is 30.3 Å². The Bertz CT molecular complexity index is 910. The van der Waals surface area contributed by atoms with Crippen LogP contribution in [0.15, 0.2) is 59.5 Å². The molecule has 0 saturated carbocycles. The van der Waals surface area contributed by atoms with Crippen LogP contribution in [0.5, 0.6) is 5.75 Å². The molecule has 0 spiro atoms. The lowest BCUT2D eigenvalue weighted by Crippen LogP contribution is -2.51. The number of urea groups is 1. The summed E-state index contributed by atoms with van der Waals surface area (Å²) in [5, 5.41) is 6.84. The summed E-state index contributed by atoms with van der Waals surface area (Å²) in [4.78, 5) is 26.5. The van der Waals surface area contributed by atoms with Crippen LogP contribution in [-0.4, -0.2) is 41.5 Å². The number of amides is 3. The number of thioether (sulfide) groups is 1. The molecular weight excluding hydrogens is 408 g/mol. The first-order chi connectivity index (χ1) is 13.9. The summed E-state index contributed by atoms with van der Waals surface area (Å²) in [7, 11) is 1.55. The molecule has 1 atom stereocenters. The quantitative estimate of drug-likeness (QED) is 0.270. The molecule has 1 aliphatic rings. The summed E-state index contributed by atoms with van der Waals surface area (Å²) in [6, 6.07) is 16.5. The highest BCUT2D eigenvalue weighted by Crippen LogP contribution is 2.30. The molecule has 9 heteroatoms. The molecule has 0 aliphatic carbocycles. The van der Waals surface area contributed by atoms with Crippen molar-refractivity contribution in [3.63, 3.8) is 0 Å². The van der Waals surface area contributed by atoms with Gasteiger partial charge in [0.05, 0.1) is 7.11 Å². The minimum absolute atomic E-state index is 0.206. The lowest BCUT2D eigenvalue weighted by Gasteiger charge is -2.23. The van der Waals surface area contributed by atoms with Crippen LogP contribution in [0.1, 0.15) is 12.5 Å². The number of nitrogens with zero attached hydrogens (tertiary/aromatic N) is 1. The molecule has 3 N–H and O–H groups in total. The summed E-state index contributed by atoms with van der Waals surface area (Å²) in [6.45, 7) is 2.23. The minimum atomic E-state index is -1.21. The molecular formula is C20H22N4O3S2. The van der Waals surface area contributed by atoms with E-state index < -0.39 is 17.5 Å². The van der Waals surface area contributed by atoms with E-state index in [1.165, 1.54) is 0 Å². The molecule has 1 saturated heterocycles. The summed E-state index contributed by atoms with van der Waals surface area (Å²) in [5.74, 6) is 0.942. The average molecular weight is 431 g/mol. The zero-order chi connectivity index (χ0) is 20.9. The number of hydrogen-bond donors (Lipinski definition) is 3. The maximum atomic E-state index is 12.9. The second-order valence-electron chi connectivity index (χ2n) is 6.46. The third-order valence-electron chi connectivity index (χ3n) is 4.45. The predicted molar refractivity (Wildman–Crippen MR) is 117 cm³/mol. The molecule has 3 rings (SSSR count). The van der Waals surface area contributed by atoms with Crippen molar-refractivity contribution in [3.05, 3.63) is 60.2 Å².